The number of carbonyl (C=O) groups excluding carboxylic acids is 3. The van der Waals surface area contributed by atoms with Gasteiger partial charge in [0.05, 0.1) is 24.3 Å². The highest BCUT2D eigenvalue weighted by Crippen LogP contribution is 2.34. The summed E-state index contributed by atoms with van der Waals surface area (Å²) in [5, 5.41) is 1.59. The fraction of sp³-hybridized carbons (Fsp3) is 0.261. The molecule has 0 aliphatic carbocycles. The molecule has 1 saturated heterocycles. The van der Waals surface area contributed by atoms with Crippen molar-refractivity contribution in [2.45, 2.75) is 19.8 Å². The molecule has 1 aliphatic rings. The summed E-state index contributed by atoms with van der Waals surface area (Å²) >= 11 is 0.687. The van der Waals surface area contributed by atoms with E-state index in [1.165, 1.54) is 13.2 Å². The fourth-order valence-electron chi connectivity index (χ4n) is 2.93. The highest BCUT2D eigenvalue weighted by Gasteiger charge is 2.36. The molecule has 0 bridgehead atoms. The first-order chi connectivity index (χ1) is 15.8. The molecule has 2 aromatic rings. The third-order valence-corrected chi connectivity index (χ3v) is 5.53. The third kappa shape index (κ3) is 6.10. The number of imide groups is 1. The quantitative estimate of drug-likeness (QED) is 0.412. The van der Waals surface area contributed by atoms with Gasteiger partial charge >= 0.3 is 0 Å². The molecule has 0 atom stereocenters. The van der Waals surface area contributed by atoms with E-state index >= 15 is 0 Å². The summed E-state index contributed by atoms with van der Waals surface area (Å²) in [5.41, 5.74) is 0.357. The number of benzene rings is 2. The van der Waals surface area contributed by atoms with Crippen molar-refractivity contribution < 1.29 is 32.6 Å². The van der Waals surface area contributed by atoms with Gasteiger partial charge in [0.25, 0.3) is 11.1 Å². The minimum Gasteiger partial charge on any atom is -0.493 e. The second kappa shape index (κ2) is 11.0. The lowest BCUT2D eigenvalue weighted by Crippen LogP contribution is -2.36. The Hall–Kier alpha value is -3.40. The van der Waals surface area contributed by atoms with Crippen molar-refractivity contribution in [3.8, 4) is 11.5 Å². The van der Waals surface area contributed by atoms with Crippen LogP contribution < -0.4 is 14.8 Å². The topological polar surface area (TPSA) is 84.9 Å². The summed E-state index contributed by atoms with van der Waals surface area (Å²) in [6.45, 7) is 2.00. The molecule has 7 nitrogen and oxygen atoms in total. The predicted molar refractivity (Wildman–Crippen MR) is 121 cm³/mol. The second-order valence-corrected chi connectivity index (χ2v) is 8.05. The van der Waals surface area contributed by atoms with E-state index in [0.29, 0.717) is 41.5 Å². The van der Waals surface area contributed by atoms with E-state index in [1.807, 2.05) is 0 Å². The van der Waals surface area contributed by atoms with Crippen molar-refractivity contribution in [1.82, 2.24) is 4.90 Å². The highest BCUT2D eigenvalue weighted by atomic mass is 32.2. The number of unbranched alkanes of at least 4 members (excludes halogenated alkanes) is 1. The van der Waals surface area contributed by atoms with Crippen LogP contribution in [-0.4, -0.2) is 42.2 Å². The van der Waals surface area contributed by atoms with Gasteiger partial charge in [0.2, 0.25) is 5.91 Å². The smallest absolute Gasteiger partial charge is 0.294 e. The van der Waals surface area contributed by atoms with E-state index in [4.69, 9.17) is 9.47 Å². The number of carbonyl (C=O) groups is 3. The van der Waals surface area contributed by atoms with Gasteiger partial charge < -0.3 is 14.8 Å². The van der Waals surface area contributed by atoms with Crippen LogP contribution in [0.1, 0.15) is 25.3 Å². The van der Waals surface area contributed by atoms with Gasteiger partial charge in [-0.25, -0.2) is 8.78 Å². The summed E-state index contributed by atoms with van der Waals surface area (Å²) in [6, 6.07) is 7.78. The SMILES string of the molecule is CCCCOc1ccc(C=C2SC(=O)N(CC(=O)Nc3ccc(F)cc3F)C2=O)cc1OC. The summed E-state index contributed by atoms with van der Waals surface area (Å²) in [5.74, 6) is -2.14. The van der Waals surface area contributed by atoms with Crippen LogP contribution in [0.15, 0.2) is 41.3 Å². The van der Waals surface area contributed by atoms with Crippen LogP contribution in [0.3, 0.4) is 0 Å². The van der Waals surface area contributed by atoms with Crippen LogP contribution >= 0.6 is 11.8 Å². The Balaban J connectivity index is 1.69. The van der Waals surface area contributed by atoms with E-state index in [2.05, 4.69) is 12.2 Å². The molecule has 1 fully saturated rings. The molecule has 0 unspecified atom stereocenters. The molecule has 10 heteroatoms. The number of hydrogen-bond acceptors (Lipinski definition) is 6. The first-order valence-corrected chi connectivity index (χ1v) is 10.9. The number of ether oxygens (including phenoxy) is 2. The molecule has 1 aliphatic heterocycles. The third-order valence-electron chi connectivity index (χ3n) is 4.62. The van der Waals surface area contributed by atoms with Gasteiger partial charge in [-0.2, -0.15) is 0 Å². The number of amides is 3. The van der Waals surface area contributed by atoms with Gasteiger partial charge in [0.15, 0.2) is 11.5 Å². The first-order valence-electron chi connectivity index (χ1n) is 10.1. The number of nitrogens with one attached hydrogen (secondary N) is 1. The van der Waals surface area contributed by atoms with Gasteiger partial charge in [-0.15, -0.1) is 0 Å². The second-order valence-electron chi connectivity index (χ2n) is 7.05. The number of halogens is 2. The summed E-state index contributed by atoms with van der Waals surface area (Å²) in [6.07, 6.45) is 3.41. The van der Waals surface area contributed by atoms with Crippen molar-refractivity contribution in [2.24, 2.45) is 0 Å². The zero-order valence-electron chi connectivity index (χ0n) is 18.0. The van der Waals surface area contributed by atoms with Crippen LogP contribution in [0.2, 0.25) is 0 Å². The maximum Gasteiger partial charge on any atom is 0.294 e. The molecule has 174 valence electrons. The van der Waals surface area contributed by atoms with Gasteiger partial charge in [0.1, 0.15) is 18.2 Å². The Bertz CT molecular complexity index is 1110. The van der Waals surface area contributed by atoms with E-state index in [9.17, 15) is 23.2 Å². The average Bonchev–Trinajstić information content (AvgIpc) is 3.04. The summed E-state index contributed by atoms with van der Waals surface area (Å²) in [4.78, 5) is 38.1. The summed E-state index contributed by atoms with van der Waals surface area (Å²) in [7, 11) is 1.50. The Labute approximate surface area is 193 Å². The number of thioether (sulfide) groups is 1. The number of anilines is 1. The van der Waals surface area contributed by atoms with Crippen molar-refractivity contribution in [2.75, 3.05) is 25.6 Å². The van der Waals surface area contributed by atoms with Crippen LogP contribution in [0.4, 0.5) is 19.3 Å². The monoisotopic (exact) mass is 476 g/mol. The van der Waals surface area contributed by atoms with E-state index < -0.39 is 35.2 Å². The number of rotatable bonds is 9. The van der Waals surface area contributed by atoms with Crippen LogP contribution in [0.5, 0.6) is 11.5 Å². The molecule has 0 radical (unpaired) electrons. The van der Waals surface area contributed by atoms with Crippen molar-refractivity contribution in [3.63, 3.8) is 0 Å². The Morgan fingerprint density at radius 3 is 2.64 bits per heavy atom. The van der Waals surface area contributed by atoms with Crippen molar-refractivity contribution in [1.29, 1.82) is 0 Å². The number of hydrogen-bond donors (Lipinski definition) is 1. The molecule has 0 aromatic heterocycles. The Morgan fingerprint density at radius 1 is 1.15 bits per heavy atom. The molecule has 33 heavy (non-hydrogen) atoms. The molecular formula is C23H22F2N2O5S. The first kappa shape index (κ1) is 24.2. The summed E-state index contributed by atoms with van der Waals surface area (Å²) < 4.78 is 37.8. The van der Waals surface area contributed by atoms with Crippen molar-refractivity contribution in [3.05, 3.63) is 58.5 Å². The molecule has 1 N–H and O–H groups in total. The lowest BCUT2D eigenvalue weighted by molar-refractivity contribution is -0.127. The lowest BCUT2D eigenvalue weighted by Gasteiger charge is -2.13. The molecule has 1 heterocycles. The molecule has 3 amide bonds. The molecule has 2 aromatic carbocycles. The largest absolute Gasteiger partial charge is 0.493 e. The number of nitrogens with zero attached hydrogens (tertiary/aromatic N) is 1. The number of methoxy groups -OCH3 is 1. The van der Waals surface area contributed by atoms with Crippen LogP contribution in [0, 0.1) is 11.6 Å². The molecule has 0 spiro atoms. The van der Waals surface area contributed by atoms with E-state index in [1.54, 1.807) is 18.2 Å². The zero-order chi connectivity index (χ0) is 24.0. The Morgan fingerprint density at radius 2 is 1.94 bits per heavy atom. The van der Waals surface area contributed by atoms with Gasteiger partial charge in [0, 0.05) is 6.07 Å². The van der Waals surface area contributed by atoms with E-state index in [0.717, 1.165) is 29.9 Å². The van der Waals surface area contributed by atoms with Gasteiger partial charge in [-0.05, 0) is 54.1 Å². The average molecular weight is 477 g/mol. The predicted octanol–water partition coefficient (Wildman–Crippen LogP) is 4.83. The van der Waals surface area contributed by atoms with E-state index in [-0.39, 0.29) is 10.6 Å². The van der Waals surface area contributed by atoms with Gasteiger partial charge in [-0.3, -0.25) is 19.3 Å². The maximum absolute atomic E-state index is 13.7. The lowest BCUT2D eigenvalue weighted by atomic mass is 10.2. The van der Waals surface area contributed by atoms with Crippen LogP contribution in [0.25, 0.3) is 6.08 Å². The fourth-order valence-corrected chi connectivity index (χ4v) is 3.77. The zero-order valence-corrected chi connectivity index (χ0v) is 18.8. The molecule has 3 rings (SSSR count). The standard InChI is InChI=1S/C23H22F2N2O5S/c1-3-4-9-32-18-8-5-14(10-19(18)31-2)11-20-22(29)27(23(30)33-20)13-21(28)26-17-7-6-15(24)12-16(17)25/h5-8,10-12H,3-4,9,13H2,1-2H3,(H,26,28). The minimum atomic E-state index is -0.964. The minimum absolute atomic E-state index is 0.127. The maximum atomic E-state index is 13.7. The Kier molecular flexibility index (Phi) is 8.05. The molecule has 0 saturated carbocycles. The van der Waals surface area contributed by atoms with Crippen molar-refractivity contribution >= 4 is 40.6 Å². The van der Waals surface area contributed by atoms with Crippen LogP contribution in [-0.2, 0) is 9.59 Å². The normalized spacial score (nSPS) is 14.7. The van der Waals surface area contributed by atoms with Gasteiger partial charge in [-0.1, -0.05) is 19.4 Å². The highest BCUT2D eigenvalue weighted by molar-refractivity contribution is 8.18. The molecular weight excluding hydrogens is 454 g/mol.